The first-order chi connectivity index (χ1) is 10.2. The van der Waals surface area contributed by atoms with Crippen molar-refractivity contribution in [1.82, 2.24) is 15.3 Å². The van der Waals surface area contributed by atoms with Crippen molar-refractivity contribution in [3.8, 4) is 0 Å². The van der Waals surface area contributed by atoms with E-state index in [-0.39, 0.29) is 5.91 Å². The van der Waals surface area contributed by atoms with Gasteiger partial charge in [-0.05, 0) is 13.5 Å². The van der Waals surface area contributed by atoms with Crippen molar-refractivity contribution in [2.75, 3.05) is 33.2 Å². The van der Waals surface area contributed by atoms with Crippen molar-refractivity contribution in [2.45, 2.75) is 71.1 Å². The maximum absolute atomic E-state index is 11.8. The van der Waals surface area contributed by atoms with Gasteiger partial charge in [0, 0.05) is 32.6 Å². The first kappa shape index (κ1) is 18.4. The molecule has 4 heteroatoms. The van der Waals surface area contributed by atoms with Crippen molar-refractivity contribution >= 4 is 5.91 Å². The van der Waals surface area contributed by atoms with Gasteiger partial charge in [-0.2, -0.15) is 0 Å². The number of carbonyl (C=O) groups excluding carboxylic acids is 1. The van der Waals surface area contributed by atoms with Crippen LogP contribution >= 0.6 is 0 Å². The maximum Gasteiger partial charge on any atom is 0.234 e. The Labute approximate surface area is 131 Å². The largest absolute Gasteiger partial charge is 0.304 e. The van der Waals surface area contributed by atoms with E-state index in [1.807, 2.05) is 0 Å². The Bertz CT molecular complexity index is 263. The fraction of sp³-hybridized carbons (Fsp3) is 0.941. The molecule has 0 bridgehead atoms. The Morgan fingerprint density at radius 3 is 1.95 bits per heavy atom. The molecular weight excluding hydrogens is 262 g/mol. The van der Waals surface area contributed by atoms with Crippen LogP contribution in [0.5, 0.6) is 0 Å². The third-order valence-corrected chi connectivity index (χ3v) is 4.29. The van der Waals surface area contributed by atoms with E-state index in [1.165, 1.54) is 51.4 Å². The molecule has 1 aliphatic rings. The summed E-state index contributed by atoms with van der Waals surface area (Å²) in [4.78, 5) is 14.1. The van der Waals surface area contributed by atoms with Crippen LogP contribution in [0.15, 0.2) is 0 Å². The van der Waals surface area contributed by atoms with E-state index in [0.29, 0.717) is 6.42 Å². The van der Waals surface area contributed by atoms with Gasteiger partial charge in [0.15, 0.2) is 0 Å². The number of hydrogen-bond acceptors (Lipinski definition) is 3. The molecule has 0 saturated carbocycles. The number of hydrogen-bond donors (Lipinski definition) is 1. The lowest BCUT2D eigenvalue weighted by atomic mass is 10.1. The first-order valence-electron chi connectivity index (χ1n) is 8.95. The molecule has 1 rings (SSSR count). The molecule has 0 atom stereocenters. The molecule has 1 N–H and O–H groups in total. The number of hydrazine groups is 1. The minimum Gasteiger partial charge on any atom is -0.304 e. The standard InChI is InChI=1S/C17H35N3O/c1-3-4-5-6-7-8-9-10-11-12-17(21)18-20-15-13-19(2)14-16-20/h3-16H2,1-2H3,(H,18,21). The monoisotopic (exact) mass is 297 g/mol. The third-order valence-electron chi connectivity index (χ3n) is 4.29. The molecule has 21 heavy (non-hydrogen) atoms. The van der Waals surface area contributed by atoms with Crippen molar-refractivity contribution in [3.05, 3.63) is 0 Å². The highest BCUT2D eigenvalue weighted by molar-refractivity contribution is 5.75. The van der Waals surface area contributed by atoms with Gasteiger partial charge < -0.3 is 4.90 Å². The van der Waals surface area contributed by atoms with Crippen molar-refractivity contribution < 1.29 is 4.79 Å². The average molecular weight is 297 g/mol. The van der Waals surface area contributed by atoms with Crippen LogP contribution in [0, 0.1) is 0 Å². The summed E-state index contributed by atoms with van der Waals surface area (Å²) in [6.07, 6.45) is 12.4. The Balaban J connectivity index is 1.87. The minimum atomic E-state index is 0.197. The number of nitrogens with zero attached hydrogens (tertiary/aromatic N) is 2. The molecule has 1 heterocycles. The van der Waals surface area contributed by atoms with Crippen LogP contribution in [0.1, 0.15) is 71.1 Å². The molecular formula is C17H35N3O. The van der Waals surface area contributed by atoms with Crippen LogP contribution in [-0.4, -0.2) is 49.0 Å². The summed E-state index contributed by atoms with van der Waals surface area (Å²) in [6.45, 7) is 6.23. The highest BCUT2D eigenvalue weighted by Gasteiger charge is 2.15. The Morgan fingerprint density at radius 1 is 0.857 bits per heavy atom. The fourth-order valence-electron chi connectivity index (χ4n) is 2.75. The van der Waals surface area contributed by atoms with Gasteiger partial charge in [-0.15, -0.1) is 0 Å². The average Bonchev–Trinajstić information content (AvgIpc) is 2.48. The number of amides is 1. The van der Waals surface area contributed by atoms with Gasteiger partial charge in [0.05, 0.1) is 0 Å². The third kappa shape index (κ3) is 9.86. The molecule has 0 aromatic rings. The molecule has 1 amide bonds. The summed E-state index contributed by atoms with van der Waals surface area (Å²) in [5.41, 5.74) is 3.03. The van der Waals surface area contributed by atoms with Crippen LogP contribution in [0.3, 0.4) is 0 Å². The van der Waals surface area contributed by atoms with Crippen LogP contribution in [0.2, 0.25) is 0 Å². The quantitative estimate of drug-likeness (QED) is 0.595. The Kier molecular flexibility index (Phi) is 10.5. The second-order valence-corrected chi connectivity index (χ2v) is 6.40. The zero-order valence-electron chi connectivity index (χ0n) is 14.2. The van der Waals surface area contributed by atoms with Crippen LogP contribution in [-0.2, 0) is 4.79 Å². The Hall–Kier alpha value is -0.610. The summed E-state index contributed by atoms with van der Waals surface area (Å²) in [5, 5.41) is 2.07. The van der Waals surface area contributed by atoms with Crippen LogP contribution in [0.4, 0.5) is 0 Å². The lowest BCUT2D eigenvalue weighted by molar-refractivity contribution is -0.126. The number of carbonyl (C=O) groups is 1. The zero-order chi connectivity index (χ0) is 15.3. The smallest absolute Gasteiger partial charge is 0.234 e. The molecule has 0 spiro atoms. The summed E-state index contributed by atoms with van der Waals surface area (Å²) >= 11 is 0. The van der Waals surface area contributed by atoms with E-state index in [1.54, 1.807) is 0 Å². The van der Waals surface area contributed by atoms with Crippen LogP contribution in [0.25, 0.3) is 0 Å². The second kappa shape index (κ2) is 12.0. The number of unbranched alkanes of at least 4 members (excludes halogenated alkanes) is 8. The number of likely N-dealkylation sites (N-methyl/N-ethyl adjacent to an activating group) is 1. The lowest BCUT2D eigenvalue weighted by Gasteiger charge is -2.32. The number of rotatable bonds is 11. The van der Waals surface area contributed by atoms with E-state index in [4.69, 9.17) is 0 Å². The van der Waals surface area contributed by atoms with E-state index >= 15 is 0 Å². The lowest BCUT2D eigenvalue weighted by Crippen LogP contribution is -2.52. The molecule has 0 aromatic carbocycles. The van der Waals surface area contributed by atoms with E-state index < -0.39 is 0 Å². The predicted octanol–water partition coefficient (Wildman–Crippen LogP) is 3.19. The summed E-state index contributed by atoms with van der Waals surface area (Å²) in [6, 6.07) is 0. The van der Waals surface area contributed by atoms with Gasteiger partial charge >= 0.3 is 0 Å². The molecule has 124 valence electrons. The topological polar surface area (TPSA) is 35.6 Å². The Morgan fingerprint density at radius 2 is 1.38 bits per heavy atom. The summed E-state index contributed by atoms with van der Waals surface area (Å²) < 4.78 is 0. The first-order valence-corrected chi connectivity index (χ1v) is 8.95. The predicted molar refractivity (Wildman–Crippen MR) is 89.1 cm³/mol. The zero-order valence-corrected chi connectivity index (χ0v) is 14.2. The summed E-state index contributed by atoms with van der Waals surface area (Å²) in [5.74, 6) is 0.197. The van der Waals surface area contributed by atoms with Gasteiger partial charge in [-0.1, -0.05) is 58.3 Å². The van der Waals surface area contributed by atoms with Gasteiger partial charge in [0.25, 0.3) is 0 Å². The van der Waals surface area contributed by atoms with E-state index in [9.17, 15) is 4.79 Å². The molecule has 0 aliphatic carbocycles. The minimum absolute atomic E-state index is 0.197. The van der Waals surface area contributed by atoms with Gasteiger partial charge in [-0.3, -0.25) is 10.2 Å². The highest BCUT2D eigenvalue weighted by atomic mass is 16.2. The van der Waals surface area contributed by atoms with Crippen molar-refractivity contribution in [1.29, 1.82) is 0 Å². The van der Waals surface area contributed by atoms with Crippen molar-refractivity contribution in [2.24, 2.45) is 0 Å². The molecule has 4 nitrogen and oxygen atoms in total. The molecule has 0 unspecified atom stereocenters. The van der Waals surface area contributed by atoms with Gasteiger partial charge in [0.1, 0.15) is 0 Å². The second-order valence-electron chi connectivity index (χ2n) is 6.40. The number of piperazine rings is 1. The van der Waals surface area contributed by atoms with Crippen molar-refractivity contribution in [3.63, 3.8) is 0 Å². The van der Waals surface area contributed by atoms with Gasteiger partial charge in [-0.25, -0.2) is 5.01 Å². The molecule has 1 fully saturated rings. The number of nitrogens with one attached hydrogen (secondary N) is 1. The SMILES string of the molecule is CCCCCCCCCCCC(=O)NN1CCN(C)CC1. The molecule has 0 aromatic heterocycles. The fourth-order valence-corrected chi connectivity index (χ4v) is 2.75. The molecule has 1 aliphatic heterocycles. The summed E-state index contributed by atoms with van der Waals surface area (Å²) in [7, 11) is 2.13. The van der Waals surface area contributed by atoms with E-state index in [2.05, 4.69) is 29.3 Å². The normalized spacial score (nSPS) is 17.0. The van der Waals surface area contributed by atoms with Crippen LogP contribution < -0.4 is 5.43 Å². The maximum atomic E-state index is 11.8. The molecule has 0 radical (unpaired) electrons. The molecule has 1 saturated heterocycles. The van der Waals surface area contributed by atoms with Gasteiger partial charge in [0.2, 0.25) is 5.91 Å². The van der Waals surface area contributed by atoms with E-state index in [0.717, 1.165) is 32.6 Å². The highest BCUT2D eigenvalue weighted by Crippen LogP contribution is 2.10.